The lowest BCUT2D eigenvalue weighted by Crippen LogP contribution is -2.49. The number of piperidine rings is 1. The van der Waals surface area contributed by atoms with Crippen molar-refractivity contribution in [3.8, 4) is 0 Å². The molecule has 0 bridgehead atoms. The summed E-state index contributed by atoms with van der Waals surface area (Å²) < 4.78 is 24.6. The van der Waals surface area contributed by atoms with Crippen molar-refractivity contribution in [1.29, 1.82) is 0 Å². The molecule has 0 amide bonds. The molecule has 1 aromatic carbocycles. The zero-order valence-electron chi connectivity index (χ0n) is 17.9. The van der Waals surface area contributed by atoms with Gasteiger partial charge in [0.15, 0.2) is 15.8 Å². The molecule has 29 heavy (non-hydrogen) atoms. The number of nitrogens with one attached hydrogen (secondary N) is 2. The summed E-state index contributed by atoms with van der Waals surface area (Å²) in [7, 11) is -3.10. The highest BCUT2D eigenvalue weighted by molar-refractivity contribution is 14.0. The third-order valence-electron chi connectivity index (χ3n) is 5.06. The fraction of sp³-hybridized carbons (Fsp3) is 0.667. The number of nitrogens with zero attached hydrogens (tertiary/aromatic N) is 2. The highest BCUT2D eigenvalue weighted by Gasteiger charge is 2.21. The lowest BCUT2D eigenvalue weighted by Gasteiger charge is -2.35. The van der Waals surface area contributed by atoms with E-state index in [1.165, 1.54) is 0 Å². The molecule has 0 saturated carbocycles. The lowest BCUT2D eigenvalue weighted by molar-refractivity contribution is 0.167. The van der Waals surface area contributed by atoms with E-state index in [1.54, 1.807) is 0 Å². The Kier molecular flexibility index (Phi) is 12.1. The SMILES string of the molecule is CCNC(=NCCCS(=O)(=O)Cc1ccccc1)NC1CCN(C(C)C)CC1.I. The van der Waals surface area contributed by atoms with Crippen LogP contribution in [0.4, 0.5) is 0 Å². The molecule has 1 saturated heterocycles. The van der Waals surface area contributed by atoms with Crippen LogP contribution in [-0.4, -0.2) is 63.3 Å². The van der Waals surface area contributed by atoms with Crippen molar-refractivity contribution in [2.45, 2.75) is 57.9 Å². The topological polar surface area (TPSA) is 73.8 Å². The zero-order chi connectivity index (χ0) is 20.4. The largest absolute Gasteiger partial charge is 0.357 e. The van der Waals surface area contributed by atoms with Crippen molar-refractivity contribution >= 4 is 39.8 Å². The van der Waals surface area contributed by atoms with E-state index >= 15 is 0 Å². The number of guanidine groups is 1. The van der Waals surface area contributed by atoms with E-state index in [1.807, 2.05) is 37.3 Å². The molecule has 1 aromatic rings. The first-order valence-corrected chi connectivity index (χ1v) is 12.2. The van der Waals surface area contributed by atoms with Gasteiger partial charge in [0.05, 0.1) is 11.5 Å². The maximum Gasteiger partial charge on any atom is 0.191 e. The molecule has 1 fully saturated rings. The molecule has 0 aromatic heterocycles. The number of sulfone groups is 1. The van der Waals surface area contributed by atoms with Crippen LogP contribution in [0.25, 0.3) is 0 Å². The summed E-state index contributed by atoms with van der Waals surface area (Å²) in [6, 6.07) is 10.4. The summed E-state index contributed by atoms with van der Waals surface area (Å²) in [6.45, 7) is 10.0. The first kappa shape index (κ1) is 26.2. The summed E-state index contributed by atoms with van der Waals surface area (Å²) in [5.74, 6) is 1.06. The monoisotopic (exact) mass is 536 g/mol. The van der Waals surface area contributed by atoms with Crippen LogP contribution in [0, 0.1) is 0 Å². The molecular weight excluding hydrogens is 499 g/mol. The maximum absolute atomic E-state index is 12.3. The van der Waals surface area contributed by atoms with E-state index < -0.39 is 9.84 Å². The van der Waals surface area contributed by atoms with Crippen molar-refractivity contribution in [2.75, 3.05) is 31.9 Å². The number of hydrogen-bond acceptors (Lipinski definition) is 4. The average molecular weight is 537 g/mol. The molecule has 2 rings (SSSR count). The second kappa shape index (κ2) is 13.4. The Bertz CT molecular complexity index is 703. The molecular formula is C21H37IN4O2S. The average Bonchev–Trinajstić information content (AvgIpc) is 2.66. The van der Waals surface area contributed by atoms with Gasteiger partial charge >= 0.3 is 0 Å². The molecule has 6 nitrogen and oxygen atoms in total. The highest BCUT2D eigenvalue weighted by atomic mass is 127. The van der Waals surface area contributed by atoms with Crippen molar-refractivity contribution in [2.24, 2.45) is 4.99 Å². The van der Waals surface area contributed by atoms with Crippen molar-refractivity contribution in [3.05, 3.63) is 35.9 Å². The predicted molar refractivity (Wildman–Crippen MR) is 133 cm³/mol. The molecule has 1 heterocycles. The smallest absolute Gasteiger partial charge is 0.191 e. The van der Waals surface area contributed by atoms with Gasteiger partial charge in [-0.1, -0.05) is 30.3 Å². The van der Waals surface area contributed by atoms with Crippen molar-refractivity contribution in [1.82, 2.24) is 15.5 Å². The van der Waals surface area contributed by atoms with Crippen LogP contribution in [0.1, 0.15) is 45.6 Å². The van der Waals surface area contributed by atoms with E-state index in [-0.39, 0.29) is 35.5 Å². The van der Waals surface area contributed by atoms with Gasteiger partial charge < -0.3 is 15.5 Å². The van der Waals surface area contributed by atoms with Gasteiger partial charge in [0, 0.05) is 38.3 Å². The van der Waals surface area contributed by atoms with E-state index in [9.17, 15) is 8.42 Å². The second-order valence-corrected chi connectivity index (χ2v) is 9.92. The van der Waals surface area contributed by atoms with Crippen LogP contribution in [-0.2, 0) is 15.6 Å². The maximum atomic E-state index is 12.3. The van der Waals surface area contributed by atoms with Crippen LogP contribution in [0.15, 0.2) is 35.3 Å². The summed E-state index contributed by atoms with van der Waals surface area (Å²) in [4.78, 5) is 7.09. The van der Waals surface area contributed by atoms with Crippen LogP contribution < -0.4 is 10.6 Å². The van der Waals surface area contributed by atoms with Gasteiger partial charge in [-0.3, -0.25) is 4.99 Å². The van der Waals surface area contributed by atoms with Gasteiger partial charge in [0.2, 0.25) is 0 Å². The van der Waals surface area contributed by atoms with Crippen molar-refractivity contribution in [3.63, 3.8) is 0 Å². The lowest BCUT2D eigenvalue weighted by atomic mass is 10.0. The minimum absolute atomic E-state index is 0. The fourth-order valence-electron chi connectivity index (χ4n) is 3.45. The standard InChI is InChI=1S/C21H36N4O2S.HI/c1-4-22-21(24-20-11-14-25(15-12-20)18(2)3)23-13-8-16-28(26,27)17-19-9-6-5-7-10-19;/h5-7,9-10,18,20H,4,8,11-17H2,1-3H3,(H2,22,23,24);1H. The van der Waals surface area contributed by atoms with Gasteiger partial charge in [-0.2, -0.15) is 0 Å². The Morgan fingerprint density at radius 2 is 1.86 bits per heavy atom. The molecule has 0 atom stereocenters. The molecule has 0 radical (unpaired) electrons. The molecule has 0 aliphatic carbocycles. The molecule has 8 heteroatoms. The Hall–Kier alpha value is -0.870. The first-order valence-electron chi connectivity index (χ1n) is 10.4. The number of aliphatic imine (C=N–C) groups is 1. The molecule has 0 spiro atoms. The zero-order valence-corrected chi connectivity index (χ0v) is 21.1. The van der Waals surface area contributed by atoms with E-state index in [0.29, 0.717) is 25.0 Å². The van der Waals surface area contributed by atoms with E-state index in [4.69, 9.17) is 0 Å². The third kappa shape index (κ3) is 10.1. The summed E-state index contributed by atoms with van der Waals surface area (Å²) in [5, 5.41) is 6.79. The predicted octanol–water partition coefficient (Wildman–Crippen LogP) is 3.04. The van der Waals surface area contributed by atoms with Gasteiger partial charge in [0.25, 0.3) is 0 Å². The summed E-state index contributed by atoms with van der Waals surface area (Å²) in [5.41, 5.74) is 0.841. The quantitative estimate of drug-likeness (QED) is 0.220. The molecule has 2 N–H and O–H groups in total. The van der Waals surface area contributed by atoms with Crippen LogP contribution in [0.3, 0.4) is 0 Å². The third-order valence-corrected chi connectivity index (χ3v) is 6.74. The first-order chi connectivity index (χ1) is 13.4. The number of rotatable bonds is 9. The second-order valence-electron chi connectivity index (χ2n) is 7.74. The molecule has 166 valence electrons. The number of hydrogen-bond donors (Lipinski definition) is 2. The number of halogens is 1. The van der Waals surface area contributed by atoms with Crippen LogP contribution in [0.5, 0.6) is 0 Å². The molecule has 1 aliphatic rings. The normalized spacial score (nSPS) is 16.5. The van der Waals surface area contributed by atoms with Gasteiger partial charge in [-0.05, 0) is 45.6 Å². The highest BCUT2D eigenvalue weighted by Crippen LogP contribution is 2.13. The Morgan fingerprint density at radius 3 is 2.45 bits per heavy atom. The fourth-order valence-corrected chi connectivity index (χ4v) is 4.86. The summed E-state index contributed by atoms with van der Waals surface area (Å²) >= 11 is 0. The van der Waals surface area contributed by atoms with Crippen LogP contribution >= 0.6 is 24.0 Å². The number of benzene rings is 1. The van der Waals surface area contributed by atoms with Gasteiger partial charge in [0.1, 0.15) is 0 Å². The minimum Gasteiger partial charge on any atom is -0.357 e. The van der Waals surface area contributed by atoms with E-state index in [0.717, 1.165) is 44.0 Å². The minimum atomic E-state index is -3.10. The Morgan fingerprint density at radius 1 is 1.21 bits per heavy atom. The molecule has 0 unspecified atom stereocenters. The van der Waals surface area contributed by atoms with Gasteiger partial charge in [-0.25, -0.2) is 8.42 Å². The summed E-state index contributed by atoms with van der Waals surface area (Å²) in [6.07, 6.45) is 2.75. The number of likely N-dealkylation sites (tertiary alicyclic amines) is 1. The molecule has 1 aliphatic heterocycles. The van der Waals surface area contributed by atoms with Crippen molar-refractivity contribution < 1.29 is 8.42 Å². The van der Waals surface area contributed by atoms with Crippen LogP contribution in [0.2, 0.25) is 0 Å². The Labute approximate surface area is 193 Å². The van der Waals surface area contributed by atoms with E-state index in [2.05, 4.69) is 34.4 Å². The Balaban J connectivity index is 0.00000420. The van der Waals surface area contributed by atoms with Gasteiger partial charge in [-0.15, -0.1) is 24.0 Å².